The van der Waals surface area contributed by atoms with Crippen molar-refractivity contribution in [3.8, 4) is 5.82 Å². The molecule has 8 nitrogen and oxygen atoms in total. The average Bonchev–Trinajstić information content (AvgIpc) is 2.96. The number of amides is 1. The zero-order valence-electron chi connectivity index (χ0n) is 11.1. The highest BCUT2D eigenvalue weighted by Crippen LogP contribution is 2.32. The summed E-state index contributed by atoms with van der Waals surface area (Å²) in [5, 5.41) is 15.7. The van der Waals surface area contributed by atoms with Crippen molar-refractivity contribution in [2.24, 2.45) is 0 Å². The SMILES string of the molecule is O=C(NC1(C(=O)O)CCC1)c1ccc(-n2cncn2)nc1. The molecule has 1 fully saturated rings. The molecule has 108 valence electrons. The minimum absolute atomic E-state index is 0.311. The summed E-state index contributed by atoms with van der Waals surface area (Å²) in [7, 11) is 0. The largest absolute Gasteiger partial charge is 0.480 e. The van der Waals surface area contributed by atoms with E-state index < -0.39 is 17.4 Å². The van der Waals surface area contributed by atoms with E-state index in [0.29, 0.717) is 24.2 Å². The smallest absolute Gasteiger partial charge is 0.329 e. The minimum atomic E-state index is -1.12. The highest BCUT2D eigenvalue weighted by atomic mass is 16.4. The first-order chi connectivity index (χ1) is 10.1. The van der Waals surface area contributed by atoms with Crippen molar-refractivity contribution in [3.63, 3.8) is 0 Å². The van der Waals surface area contributed by atoms with Crippen molar-refractivity contribution in [2.75, 3.05) is 0 Å². The number of carbonyl (C=O) groups is 2. The Bertz CT molecular complexity index is 662. The van der Waals surface area contributed by atoms with E-state index in [-0.39, 0.29) is 0 Å². The highest BCUT2D eigenvalue weighted by molar-refractivity contribution is 5.98. The molecule has 21 heavy (non-hydrogen) atoms. The molecule has 0 saturated heterocycles. The fourth-order valence-electron chi connectivity index (χ4n) is 2.19. The second-order valence-corrected chi connectivity index (χ2v) is 4.94. The minimum Gasteiger partial charge on any atom is -0.480 e. The molecule has 2 aromatic heterocycles. The van der Waals surface area contributed by atoms with Gasteiger partial charge in [-0.25, -0.2) is 19.4 Å². The maximum absolute atomic E-state index is 12.1. The van der Waals surface area contributed by atoms with E-state index >= 15 is 0 Å². The van der Waals surface area contributed by atoms with Gasteiger partial charge in [0.1, 0.15) is 18.2 Å². The number of nitrogens with one attached hydrogen (secondary N) is 1. The first-order valence-electron chi connectivity index (χ1n) is 6.48. The van der Waals surface area contributed by atoms with E-state index in [9.17, 15) is 14.7 Å². The van der Waals surface area contributed by atoms with Gasteiger partial charge in [-0.15, -0.1) is 0 Å². The summed E-state index contributed by atoms with van der Waals surface area (Å²) in [6, 6.07) is 3.20. The second-order valence-electron chi connectivity index (χ2n) is 4.94. The van der Waals surface area contributed by atoms with Crippen LogP contribution in [0.2, 0.25) is 0 Å². The lowest BCUT2D eigenvalue weighted by molar-refractivity contribution is -0.148. The molecule has 2 N–H and O–H groups in total. The number of hydrogen-bond acceptors (Lipinski definition) is 5. The fraction of sp³-hybridized carbons (Fsp3) is 0.308. The van der Waals surface area contributed by atoms with Gasteiger partial charge >= 0.3 is 5.97 Å². The molecule has 1 amide bonds. The molecule has 3 rings (SSSR count). The topological polar surface area (TPSA) is 110 Å². The maximum Gasteiger partial charge on any atom is 0.329 e. The molecular weight excluding hydrogens is 274 g/mol. The van der Waals surface area contributed by atoms with Crippen LogP contribution in [0.3, 0.4) is 0 Å². The Morgan fingerprint density at radius 1 is 1.33 bits per heavy atom. The predicted octanol–water partition coefficient (Wildman–Crippen LogP) is 0.399. The van der Waals surface area contributed by atoms with Crippen LogP contribution in [0.25, 0.3) is 5.82 Å². The lowest BCUT2D eigenvalue weighted by Gasteiger charge is -2.38. The van der Waals surface area contributed by atoms with Crippen molar-refractivity contribution in [2.45, 2.75) is 24.8 Å². The monoisotopic (exact) mass is 287 g/mol. The summed E-state index contributed by atoms with van der Waals surface area (Å²) >= 11 is 0. The number of aliphatic carboxylic acids is 1. The molecule has 2 heterocycles. The van der Waals surface area contributed by atoms with E-state index in [4.69, 9.17) is 0 Å². The molecular formula is C13H13N5O3. The van der Waals surface area contributed by atoms with Crippen LogP contribution in [0, 0.1) is 0 Å². The Hall–Kier alpha value is -2.77. The number of aromatic nitrogens is 4. The predicted molar refractivity (Wildman–Crippen MR) is 70.8 cm³/mol. The van der Waals surface area contributed by atoms with Gasteiger partial charge in [0.05, 0.1) is 5.56 Å². The lowest BCUT2D eigenvalue weighted by Crippen LogP contribution is -2.59. The van der Waals surface area contributed by atoms with Gasteiger partial charge in [0.2, 0.25) is 0 Å². The van der Waals surface area contributed by atoms with E-state index in [1.54, 1.807) is 12.1 Å². The molecule has 0 unspecified atom stereocenters. The number of nitrogens with zero attached hydrogens (tertiary/aromatic N) is 4. The van der Waals surface area contributed by atoms with Crippen LogP contribution in [0.15, 0.2) is 31.0 Å². The standard InChI is InChI=1S/C13H13N5O3/c19-11(17-13(12(20)21)4-1-5-13)9-2-3-10(15-6-9)18-8-14-7-16-18/h2-3,6-8H,1,4-5H2,(H,17,19)(H,20,21). The molecule has 8 heteroatoms. The van der Waals surface area contributed by atoms with Gasteiger partial charge in [0.25, 0.3) is 5.91 Å². The third-order valence-electron chi connectivity index (χ3n) is 3.63. The Morgan fingerprint density at radius 2 is 2.14 bits per heavy atom. The Morgan fingerprint density at radius 3 is 2.62 bits per heavy atom. The number of carboxylic acid groups (broad SMARTS) is 1. The van der Waals surface area contributed by atoms with Gasteiger partial charge in [-0.05, 0) is 31.4 Å². The zero-order valence-corrected chi connectivity index (χ0v) is 11.1. The van der Waals surface area contributed by atoms with Gasteiger partial charge in [0, 0.05) is 6.20 Å². The number of rotatable bonds is 4. The van der Waals surface area contributed by atoms with Crippen molar-refractivity contribution < 1.29 is 14.7 Å². The Balaban J connectivity index is 1.75. The van der Waals surface area contributed by atoms with Gasteiger partial charge in [-0.3, -0.25) is 4.79 Å². The van der Waals surface area contributed by atoms with Crippen LogP contribution in [-0.4, -0.2) is 42.3 Å². The third kappa shape index (κ3) is 2.35. The van der Waals surface area contributed by atoms with Gasteiger partial charge < -0.3 is 10.4 Å². The van der Waals surface area contributed by atoms with Crippen molar-refractivity contribution in [1.82, 2.24) is 25.1 Å². The molecule has 0 radical (unpaired) electrons. The first-order valence-corrected chi connectivity index (χ1v) is 6.48. The molecule has 0 atom stereocenters. The molecule has 2 aromatic rings. The Kier molecular flexibility index (Phi) is 3.13. The van der Waals surface area contributed by atoms with Crippen LogP contribution >= 0.6 is 0 Å². The molecule has 0 aromatic carbocycles. The van der Waals surface area contributed by atoms with E-state index in [0.717, 1.165) is 6.42 Å². The van der Waals surface area contributed by atoms with Crippen molar-refractivity contribution >= 4 is 11.9 Å². The van der Waals surface area contributed by atoms with E-state index in [1.165, 1.54) is 23.5 Å². The molecule has 0 aliphatic heterocycles. The summed E-state index contributed by atoms with van der Waals surface area (Å²) < 4.78 is 1.46. The second kappa shape index (κ2) is 4.97. The molecule has 1 aliphatic rings. The summed E-state index contributed by atoms with van der Waals surface area (Å²) in [4.78, 5) is 31.3. The fourth-order valence-corrected chi connectivity index (χ4v) is 2.19. The zero-order chi connectivity index (χ0) is 14.9. The third-order valence-corrected chi connectivity index (χ3v) is 3.63. The summed E-state index contributed by atoms with van der Waals surface area (Å²) in [6.07, 6.45) is 5.99. The summed E-state index contributed by atoms with van der Waals surface area (Å²) in [5.41, 5.74) is -0.812. The van der Waals surface area contributed by atoms with Crippen LogP contribution in [-0.2, 0) is 4.79 Å². The summed E-state index contributed by atoms with van der Waals surface area (Å²) in [5.74, 6) is -0.898. The van der Waals surface area contributed by atoms with Crippen LogP contribution in [0.1, 0.15) is 29.6 Å². The van der Waals surface area contributed by atoms with Crippen molar-refractivity contribution in [3.05, 3.63) is 36.5 Å². The van der Waals surface area contributed by atoms with Gasteiger partial charge in [-0.2, -0.15) is 5.10 Å². The van der Waals surface area contributed by atoms with Crippen LogP contribution in [0.5, 0.6) is 0 Å². The lowest BCUT2D eigenvalue weighted by atomic mass is 9.76. The van der Waals surface area contributed by atoms with Crippen molar-refractivity contribution in [1.29, 1.82) is 0 Å². The maximum atomic E-state index is 12.1. The molecule has 1 saturated carbocycles. The van der Waals surface area contributed by atoms with E-state index in [1.807, 2.05) is 0 Å². The quantitative estimate of drug-likeness (QED) is 0.842. The first kappa shape index (κ1) is 13.2. The van der Waals surface area contributed by atoms with Gasteiger partial charge in [0.15, 0.2) is 5.82 Å². The average molecular weight is 287 g/mol. The molecule has 1 aliphatic carbocycles. The Labute approximate surface area is 119 Å². The van der Waals surface area contributed by atoms with E-state index in [2.05, 4.69) is 20.4 Å². The molecule has 0 bridgehead atoms. The summed E-state index contributed by atoms with van der Waals surface area (Å²) in [6.45, 7) is 0. The number of carboxylic acids is 1. The van der Waals surface area contributed by atoms with Crippen LogP contribution in [0.4, 0.5) is 0 Å². The van der Waals surface area contributed by atoms with Gasteiger partial charge in [-0.1, -0.05) is 0 Å². The number of hydrogen-bond donors (Lipinski definition) is 2. The highest BCUT2D eigenvalue weighted by Gasteiger charge is 2.45. The normalized spacial score (nSPS) is 16.0. The van der Waals surface area contributed by atoms with Crippen LogP contribution < -0.4 is 5.32 Å². The number of carbonyl (C=O) groups excluding carboxylic acids is 1. The molecule has 0 spiro atoms. The number of pyridine rings is 1.